The lowest BCUT2D eigenvalue weighted by Gasteiger charge is -2.17. The molecule has 1 heterocycles. The Balaban J connectivity index is 2.66. The zero-order valence-electron chi connectivity index (χ0n) is 4.41. The number of nitrogens with two attached hydrogens (primary N) is 2. The molecule has 0 unspecified atom stereocenters. The monoisotopic (exact) mass is 112 g/mol. The van der Waals surface area contributed by atoms with Crippen molar-refractivity contribution in [2.75, 3.05) is 6.54 Å². The quantitative estimate of drug-likeness (QED) is 0.395. The third-order valence-corrected chi connectivity index (χ3v) is 0.922. The van der Waals surface area contributed by atoms with Crippen LogP contribution in [-0.2, 0) is 0 Å². The molecule has 44 valence electrons. The summed E-state index contributed by atoms with van der Waals surface area (Å²) in [5.74, 6) is 5.83. The first-order chi connectivity index (χ1) is 3.80. The molecule has 1 aliphatic rings. The van der Waals surface area contributed by atoms with Crippen LogP contribution in [0.25, 0.3) is 0 Å². The van der Waals surface area contributed by atoms with Crippen molar-refractivity contribution in [3.63, 3.8) is 0 Å². The third-order valence-electron chi connectivity index (χ3n) is 0.922. The van der Waals surface area contributed by atoms with Gasteiger partial charge in [0.25, 0.3) is 0 Å². The molecule has 1 rings (SSSR count). The summed E-state index contributed by atoms with van der Waals surface area (Å²) < 4.78 is 0. The van der Waals surface area contributed by atoms with E-state index in [1.807, 2.05) is 0 Å². The Morgan fingerprint density at radius 1 is 1.75 bits per heavy atom. The second-order valence-corrected chi connectivity index (χ2v) is 1.54. The second kappa shape index (κ2) is 1.83. The van der Waals surface area contributed by atoms with E-state index in [9.17, 15) is 0 Å². The van der Waals surface area contributed by atoms with E-state index in [2.05, 4.69) is 4.99 Å². The molecule has 4 N–H and O–H groups in total. The largest absolute Gasteiger partial charge is 0.383 e. The van der Waals surface area contributed by atoms with Gasteiger partial charge in [0, 0.05) is 6.21 Å². The third kappa shape index (κ3) is 0.788. The minimum absolute atomic E-state index is 0.507. The van der Waals surface area contributed by atoms with Gasteiger partial charge in [-0.25, -0.2) is 5.84 Å². The first kappa shape index (κ1) is 5.11. The van der Waals surface area contributed by atoms with Gasteiger partial charge in [-0.15, -0.1) is 0 Å². The molecule has 0 aromatic rings. The molecule has 0 amide bonds. The average Bonchev–Trinajstić information content (AvgIpc) is 1.77. The van der Waals surface area contributed by atoms with Crippen LogP contribution in [0.3, 0.4) is 0 Å². The Bertz CT molecular complexity index is 137. The van der Waals surface area contributed by atoms with Crippen LogP contribution < -0.4 is 11.6 Å². The molecular formula is C4H8N4. The summed E-state index contributed by atoms with van der Waals surface area (Å²) in [5.41, 5.74) is 5.33. The molecule has 0 saturated carbocycles. The fourth-order valence-corrected chi connectivity index (χ4v) is 0.444. The molecule has 0 bridgehead atoms. The fraction of sp³-hybridized carbons (Fsp3) is 0.250. The van der Waals surface area contributed by atoms with E-state index in [0.29, 0.717) is 12.4 Å². The van der Waals surface area contributed by atoms with Crippen molar-refractivity contribution >= 4 is 6.21 Å². The van der Waals surface area contributed by atoms with E-state index < -0.39 is 0 Å². The Kier molecular flexibility index (Phi) is 1.17. The summed E-state index contributed by atoms with van der Waals surface area (Å²) in [6.07, 6.45) is 3.21. The normalized spacial score (nSPS) is 18.6. The zero-order valence-corrected chi connectivity index (χ0v) is 4.41. The molecule has 0 aromatic heterocycles. The van der Waals surface area contributed by atoms with Gasteiger partial charge in [0.2, 0.25) is 0 Å². The Labute approximate surface area is 47.4 Å². The summed E-state index contributed by atoms with van der Waals surface area (Å²) in [6, 6.07) is 0. The Hall–Kier alpha value is -1.03. The van der Waals surface area contributed by atoms with Crippen LogP contribution in [0.15, 0.2) is 17.0 Å². The summed E-state index contributed by atoms with van der Waals surface area (Å²) >= 11 is 0. The molecule has 0 spiro atoms. The molecule has 4 nitrogen and oxygen atoms in total. The van der Waals surface area contributed by atoms with E-state index in [4.69, 9.17) is 11.6 Å². The highest BCUT2D eigenvalue weighted by molar-refractivity contribution is 5.62. The number of aliphatic imine (C=N–C) groups is 1. The molecule has 1 aliphatic heterocycles. The highest BCUT2D eigenvalue weighted by atomic mass is 15.4. The van der Waals surface area contributed by atoms with Crippen LogP contribution in [0.5, 0.6) is 0 Å². The fourth-order valence-electron chi connectivity index (χ4n) is 0.444. The van der Waals surface area contributed by atoms with Gasteiger partial charge in [0.05, 0.1) is 12.7 Å². The highest BCUT2D eigenvalue weighted by Gasteiger charge is 1.99. The van der Waals surface area contributed by atoms with Crippen LogP contribution in [0.1, 0.15) is 0 Å². The van der Waals surface area contributed by atoms with Crippen molar-refractivity contribution in [1.29, 1.82) is 0 Å². The van der Waals surface area contributed by atoms with Gasteiger partial charge in [-0.1, -0.05) is 0 Å². The van der Waals surface area contributed by atoms with E-state index in [1.165, 1.54) is 11.2 Å². The summed E-state index contributed by atoms with van der Waals surface area (Å²) in [7, 11) is 0. The van der Waals surface area contributed by atoms with E-state index in [0.717, 1.165) is 0 Å². The minimum Gasteiger partial charge on any atom is -0.383 e. The van der Waals surface area contributed by atoms with E-state index in [1.54, 1.807) is 6.21 Å². The zero-order chi connectivity index (χ0) is 5.98. The highest BCUT2D eigenvalue weighted by Crippen LogP contribution is 1.92. The number of hydrogen-bond donors (Lipinski definition) is 2. The van der Waals surface area contributed by atoms with Crippen LogP contribution in [0.4, 0.5) is 0 Å². The summed E-state index contributed by atoms with van der Waals surface area (Å²) in [4.78, 5) is 3.77. The smallest absolute Gasteiger partial charge is 0.132 e. The van der Waals surface area contributed by atoms with Crippen LogP contribution >= 0.6 is 0 Å². The molecule has 0 radical (unpaired) electrons. The molecule has 0 fully saturated rings. The molecule has 0 aliphatic carbocycles. The second-order valence-electron chi connectivity index (χ2n) is 1.54. The molecule has 0 saturated heterocycles. The summed E-state index contributed by atoms with van der Waals surface area (Å²) in [6.45, 7) is 0.600. The standard InChI is InChI=1S/C4H8N4/c5-4-3-7-1-2-8(4)6/h1,3H,2,5-6H2. The first-order valence-corrected chi connectivity index (χ1v) is 2.30. The van der Waals surface area contributed by atoms with Gasteiger partial charge in [-0.3, -0.25) is 10.0 Å². The van der Waals surface area contributed by atoms with Crippen LogP contribution in [-0.4, -0.2) is 17.8 Å². The SMILES string of the molecule is NC1=CN=CCN1N. The van der Waals surface area contributed by atoms with Gasteiger partial charge < -0.3 is 5.73 Å². The Morgan fingerprint density at radius 2 is 2.50 bits per heavy atom. The molecule has 4 heteroatoms. The van der Waals surface area contributed by atoms with Gasteiger partial charge in [0.1, 0.15) is 5.82 Å². The van der Waals surface area contributed by atoms with Crippen molar-refractivity contribution in [3.8, 4) is 0 Å². The van der Waals surface area contributed by atoms with Crippen molar-refractivity contribution in [2.24, 2.45) is 16.6 Å². The molecule has 0 aromatic carbocycles. The lowest BCUT2D eigenvalue weighted by molar-refractivity contribution is 0.402. The van der Waals surface area contributed by atoms with Crippen molar-refractivity contribution < 1.29 is 0 Å². The minimum atomic E-state index is 0.507. The van der Waals surface area contributed by atoms with Crippen molar-refractivity contribution in [1.82, 2.24) is 5.01 Å². The molecule has 0 atom stereocenters. The maximum absolute atomic E-state index is 5.33. The predicted molar refractivity (Wildman–Crippen MR) is 31.7 cm³/mol. The number of hydrazine groups is 1. The molecular weight excluding hydrogens is 104 g/mol. The van der Waals surface area contributed by atoms with Gasteiger partial charge in [-0.2, -0.15) is 0 Å². The number of rotatable bonds is 0. The predicted octanol–water partition coefficient (Wildman–Crippen LogP) is -0.996. The summed E-state index contributed by atoms with van der Waals surface area (Å²) in [5, 5.41) is 1.42. The lowest BCUT2D eigenvalue weighted by Crippen LogP contribution is -2.37. The Morgan fingerprint density at radius 3 is 2.88 bits per heavy atom. The van der Waals surface area contributed by atoms with Gasteiger partial charge in [0.15, 0.2) is 0 Å². The number of nitrogens with zero attached hydrogens (tertiary/aromatic N) is 2. The average molecular weight is 112 g/mol. The number of hydrogen-bond acceptors (Lipinski definition) is 4. The van der Waals surface area contributed by atoms with Crippen molar-refractivity contribution in [3.05, 3.63) is 12.0 Å². The van der Waals surface area contributed by atoms with Gasteiger partial charge in [-0.05, 0) is 0 Å². The lowest BCUT2D eigenvalue weighted by atomic mass is 10.5. The van der Waals surface area contributed by atoms with Gasteiger partial charge >= 0.3 is 0 Å². The van der Waals surface area contributed by atoms with E-state index in [-0.39, 0.29) is 0 Å². The maximum Gasteiger partial charge on any atom is 0.132 e. The van der Waals surface area contributed by atoms with Crippen LogP contribution in [0.2, 0.25) is 0 Å². The van der Waals surface area contributed by atoms with Crippen LogP contribution in [0, 0.1) is 0 Å². The topological polar surface area (TPSA) is 67.6 Å². The van der Waals surface area contributed by atoms with Crippen molar-refractivity contribution in [2.45, 2.75) is 0 Å². The molecule has 8 heavy (non-hydrogen) atoms. The van der Waals surface area contributed by atoms with E-state index >= 15 is 0 Å². The maximum atomic E-state index is 5.33. The first-order valence-electron chi connectivity index (χ1n) is 2.30.